The molecule has 0 unspecified atom stereocenters. The molecular formula is C21H23N5O4. The monoisotopic (exact) mass is 409 g/mol. The van der Waals surface area contributed by atoms with E-state index in [4.69, 9.17) is 4.74 Å². The summed E-state index contributed by atoms with van der Waals surface area (Å²) in [6.45, 7) is 6.88. The Kier molecular flexibility index (Phi) is 4.41. The first-order chi connectivity index (χ1) is 14.2. The van der Waals surface area contributed by atoms with E-state index in [0.29, 0.717) is 11.5 Å². The molecule has 3 aromatic heterocycles. The number of hydrogen-bond acceptors (Lipinski definition) is 5. The average molecular weight is 409 g/mol. The number of aryl methyl sites for hydroxylation is 3. The van der Waals surface area contributed by atoms with Gasteiger partial charge in [-0.1, -0.05) is 6.07 Å². The fourth-order valence-electron chi connectivity index (χ4n) is 3.88. The van der Waals surface area contributed by atoms with Crippen LogP contribution in [0.25, 0.3) is 22.6 Å². The van der Waals surface area contributed by atoms with Crippen LogP contribution >= 0.6 is 0 Å². The number of Topliss-reactive ketones (excluding diaryl/α,β-unsaturated/α-hetero) is 1. The Morgan fingerprint density at radius 2 is 1.83 bits per heavy atom. The van der Waals surface area contributed by atoms with E-state index in [2.05, 4.69) is 4.98 Å². The van der Waals surface area contributed by atoms with Crippen LogP contribution in [0.1, 0.15) is 23.9 Å². The minimum atomic E-state index is -0.572. The molecule has 9 heteroatoms. The Hall–Kier alpha value is -3.62. The summed E-state index contributed by atoms with van der Waals surface area (Å²) in [6.07, 6.45) is 0. The molecule has 4 aromatic rings. The number of methoxy groups -OCH3 is 1. The number of carbonyl (C=O) groups is 1. The minimum Gasteiger partial charge on any atom is -0.495 e. The molecule has 0 bridgehead atoms. The molecule has 0 atom stereocenters. The minimum absolute atomic E-state index is 0.263. The highest BCUT2D eigenvalue weighted by molar-refractivity contribution is 5.79. The predicted octanol–water partition coefficient (Wildman–Crippen LogP) is 1.66. The number of imidazole rings is 2. The molecule has 1 aromatic carbocycles. The van der Waals surface area contributed by atoms with Crippen LogP contribution in [0.15, 0.2) is 27.8 Å². The number of aromatic nitrogens is 5. The van der Waals surface area contributed by atoms with Gasteiger partial charge in [-0.05, 0) is 45.4 Å². The molecule has 0 saturated carbocycles. The topological polar surface area (TPSA) is 92.5 Å². The normalized spacial score (nSPS) is 11.5. The second-order valence-corrected chi connectivity index (χ2v) is 7.54. The van der Waals surface area contributed by atoms with E-state index in [-0.39, 0.29) is 23.5 Å². The zero-order valence-corrected chi connectivity index (χ0v) is 17.8. The van der Waals surface area contributed by atoms with Crippen LogP contribution < -0.4 is 16.0 Å². The number of fused-ring (bicyclic) bond motifs is 3. The molecule has 3 heterocycles. The molecule has 0 N–H and O–H groups in total. The van der Waals surface area contributed by atoms with Gasteiger partial charge in [0.25, 0.3) is 5.56 Å². The maximum atomic E-state index is 13.2. The molecule has 0 aliphatic carbocycles. The maximum absolute atomic E-state index is 13.2. The van der Waals surface area contributed by atoms with Gasteiger partial charge < -0.3 is 4.74 Å². The Morgan fingerprint density at radius 3 is 2.47 bits per heavy atom. The third-order valence-electron chi connectivity index (χ3n) is 5.48. The summed E-state index contributed by atoms with van der Waals surface area (Å²) >= 11 is 0. The molecule has 0 saturated heterocycles. The Morgan fingerprint density at radius 1 is 1.13 bits per heavy atom. The second-order valence-electron chi connectivity index (χ2n) is 7.54. The number of hydrogen-bond donors (Lipinski definition) is 0. The van der Waals surface area contributed by atoms with Gasteiger partial charge in [0.05, 0.1) is 19.3 Å². The fourth-order valence-corrected chi connectivity index (χ4v) is 3.88. The van der Waals surface area contributed by atoms with Crippen molar-refractivity contribution >= 4 is 22.7 Å². The Bertz CT molecular complexity index is 1470. The SMILES string of the molecule is COc1ccc(C)cc1-n1c(C)c(C)n2c3c(=O)n(CC(C)=O)c(=O)n(C)c3nc12. The number of ether oxygens (including phenoxy) is 1. The lowest BCUT2D eigenvalue weighted by Gasteiger charge is -2.12. The van der Waals surface area contributed by atoms with E-state index in [0.717, 1.165) is 27.2 Å². The Labute approximate surface area is 171 Å². The second kappa shape index (κ2) is 6.72. The molecule has 0 radical (unpaired) electrons. The molecule has 4 rings (SSSR count). The highest BCUT2D eigenvalue weighted by atomic mass is 16.5. The van der Waals surface area contributed by atoms with Crippen LogP contribution in [0.2, 0.25) is 0 Å². The van der Waals surface area contributed by atoms with Gasteiger partial charge >= 0.3 is 5.69 Å². The van der Waals surface area contributed by atoms with Crippen molar-refractivity contribution in [2.75, 3.05) is 7.11 Å². The molecule has 9 nitrogen and oxygen atoms in total. The summed E-state index contributed by atoms with van der Waals surface area (Å²) in [5.74, 6) is 0.886. The number of nitrogens with zero attached hydrogens (tertiary/aromatic N) is 5. The van der Waals surface area contributed by atoms with Crippen molar-refractivity contribution in [2.24, 2.45) is 7.05 Å². The molecule has 0 fully saturated rings. The number of carbonyl (C=O) groups excluding carboxylic acids is 1. The van der Waals surface area contributed by atoms with Crippen molar-refractivity contribution in [3.8, 4) is 11.4 Å². The van der Waals surface area contributed by atoms with E-state index in [1.165, 1.54) is 11.5 Å². The van der Waals surface area contributed by atoms with Crippen LogP contribution in [0.4, 0.5) is 0 Å². The first-order valence-electron chi connectivity index (χ1n) is 9.51. The number of ketones is 1. The average Bonchev–Trinajstić information content (AvgIpc) is 3.19. The molecule has 30 heavy (non-hydrogen) atoms. The zero-order valence-electron chi connectivity index (χ0n) is 17.8. The smallest absolute Gasteiger partial charge is 0.332 e. The lowest BCUT2D eigenvalue weighted by atomic mass is 10.2. The van der Waals surface area contributed by atoms with Crippen molar-refractivity contribution in [3.63, 3.8) is 0 Å². The largest absolute Gasteiger partial charge is 0.495 e. The summed E-state index contributed by atoms with van der Waals surface area (Å²) < 4.78 is 11.5. The maximum Gasteiger partial charge on any atom is 0.332 e. The van der Waals surface area contributed by atoms with Gasteiger partial charge in [0, 0.05) is 18.4 Å². The summed E-state index contributed by atoms with van der Waals surface area (Å²) in [5.41, 5.74) is 2.95. The van der Waals surface area contributed by atoms with Crippen LogP contribution in [0.3, 0.4) is 0 Å². The highest BCUT2D eigenvalue weighted by Gasteiger charge is 2.24. The van der Waals surface area contributed by atoms with Gasteiger partial charge in [0.1, 0.15) is 11.5 Å². The van der Waals surface area contributed by atoms with Crippen LogP contribution in [0.5, 0.6) is 5.75 Å². The highest BCUT2D eigenvalue weighted by Crippen LogP contribution is 2.30. The van der Waals surface area contributed by atoms with Crippen molar-refractivity contribution in [3.05, 3.63) is 56.0 Å². The molecule has 156 valence electrons. The van der Waals surface area contributed by atoms with Gasteiger partial charge in [-0.15, -0.1) is 0 Å². The first-order valence-corrected chi connectivity index (χ1v) is 9.51. The van der Waals surface area contributed by atoms with Crippen molar-refractivity contribution in [1.29, 1.82) is 0 Å². The van der Waals surface area contributed by atoms with Gasteiger partial charge in [-0.3, -0.25) is 27.7 Å². The van der Waals surface area contributed by atoms with E-state index in [1.54, 1.807) is 18.6 Å². The molecular weight excluding hydrogens is 386 g/mol. The molecule has 0 aliphatic heterocycles. The summed E-state index contributed by atoms with van der Waals surface area (Å²) in [4.78, 5) is 42.2. The van der Waals surface area contributed by atoms with Crippen LogP contribution in [-0.4, -0.2) is 36.0 Å². The van der Waals surface area contributed by atoms with E-state index < -0.39 is 11.2 Å². The number of rotatable bonds is 4. The third-order valence-corrected chi connectivity index (χ3v) is 5.48. The first kappa shape index (κ1) is 19.7. The van der Waals surface area contributed by atoms with Gasteiger partial charge in [0.15, 0.2) is 11.2 Å². The van der Waals surface area contributed by atoms with Crippen LogP contribution in [-0.2, 0) is 18.4 Å². The standard InChI is InChI=1S/C21H23N5O4/c1-11-7-8-16(30-6)15(9-11)25-13(3)14(4)26-17-18(22-20(25)26)23(5)21(29)24(19(17)28)10-12(2)27/h7-9H,10H2,1-6H3. The van der Waals surface area contributed by atoms with Gasteiger partial charge in [0.2, 0.25) is 5.78 Å². The summed E-state index contributed by atoms with van der Waals surface area (Å²) in [5, 5.41) is 0. The molecule has 0 spiro atoms. The summed E-state index contributed by atoms with van der Waals surface area (Å²) in [7, 11) is 3.15. The Balaban J connectivity index is 2.21. The van der Waals surface area contributed by atoms with Gasteiger partial charge in [-0.25, -0.2) is 4.79 Å². The van der Waals surface area contributed by atoms with E-state index in [9.17, 15) is 14.4 Å². The van der Waals surface area contributed by atoms with E-state index in [1.807, 2.05) is 43.5 Å². The van der Waals surface area contributed by atoms with Crippen molar-refractivity contribution in [2.45, 2.75) is 34.2 Å². The predicted molar refractivity (Wildman–Crippen MR) is 113 cm³/mol. The van der Waals surface area contributed by atoms with Gasteiger partial charge in [-0.2, -0.15) is 4.98 Å². The van der Waals surface area contributed by atoms with E-state index >= 15 is 0 Å². The van der Waals surface area contributed by atoms with Crippen LogP contribution in [0, 0.1) is 20.8 Å². The molecule has 0 aliphatic rings. The van der Waals surface area contributed by atoms with Crippen molar-refractivity contribution in [1.82, 2.24) is 23.1 Å². The zero-order chi connectivity index (χ0) is 21.9. The fraction of sp³-hybridized carbons (Fsp3) is 0.333. The lowest BCUT2D eigenvalue weighted by Crippen LogP contribution is -2.40. The van der Waals surface area contributed by atoms with Crippen molar-refractivity contribution < 1.29 is 9.53 Å². The lowest BCUT2D eigenvalue weighted by molar-refractivity contribution is -0.117. The quantitative estimate of drug-likeness (QED) is 0.511. The third kappa shape index (κ3) is 2.62. The number of benzene rings is 1. The summed E-state index contributed by atoms with van der Waals surface area (Å²) in [6, 6.07) is 5.82. The molecule has 0 amide bonds.